The van der Waals surface area contributed by atoms with Crippen molar-refractivity contribution in [3.63, 3.8) is 0 Å². The van der Waals surface area contributed by atoms with Gasteiger partial charge in [-0.2, -0.15) is 0 Å². The number of nitrogens with zero attached hydrogens (tertiary/aromatic N) is 4. The molecule has 0 saturated carbocycles. The molecule has 6 aliphatic rings. The molecule has 188 valence electrons. The number of rotatable bonds is 0. The molecule has 0 spiro atoms. The molecular formula is C26H40N4O4. The fourth-order valence-electron chi connectivity index (χ4n) is 4.52. The smallest absolute Gasteiger partial charge is 0.119 e. The minimum absolute atomic E-state index is 0.104. The molecule has 0 aliphatic carbocycles. The van der Waals surface area contributed by atoms with Crippen LogP contribution in [-0.4, -0.2) is 119 Å². The summed E-state index contributed by atoms with van der Waals surface area (Å²) in [5.74, 6) is 0.417. The maximum absolute atomic E-state index is 8.83. The summed E-state index contributed by atoms with van der Waals surface area (Å²) >= 11 is 0. The lowest BCUT2D eigenvalue weighted by atomic mass is 10.2. The highest BCUT2D eigenvalue weighted by Gasteiger charge is 2.22. The molecule has 2 aromatic rings. The van der Waals surface area contributed by atoms with E-state index in [1.807, 2.05) is 0 Å². The van der Waals surface area contributed by atoms with Crippen LogP contribution in [0.15, 0.2) is 36.4 Å². The molecule has 4 N–H and O–H groups in total. The van der Waals surface area contributed by atoms with Gasteiger partial charge in [0.05, 0.1) is 0 Å². The molecule has 8 rings (SSSR count). The Morgan fingerprint density at radius 2 is 0.559 bits per heavy atom. The van der Waals surface area contributed by atoms with Gasteiger partial charge in [0.1, 0.15) is 23.0 Å². The Hall–Kier alpha value is -2.52. The number of piperazine rings is 6. The first kappa shape index (κ1) is 26.1. The van der Waals surface area contributed by atoms with Crippen molar-refractivity contribution in [1.29, 1.82) is 0 Å². The van der Waals surface area contributed by atoms with Gasteiger partial charge in [-0.1, -0.05) is 0 Å². The predicted octanol–water partition coefficient (Wildman–Crippen LogP) is 2.05. The van der Waals surface area contributed by atoms with Gasteiger partial charge in [-0.25, -0.2) is 0 Å². The average Bonchev–Trinajstić information content (AvgIpc) is 2.81. The molecule has 0 radical (unpaired) electrons. The molecule has 6 fully saturated rings. The molecule has 0 aromatic heterocycles. The summed E-state index contributed by atoms with van der Waals surface area (Å²) in [6.45, 7) is 19.4. The lowest BCUT2D eigenvalue weighted by molar-refractivity contribution is 0.0647. The Bertz CT molecular complexity index is 674. The summed E-state index contributed by atoms with van der Waals surface area (Å²) in [4.78, 5) is 10.2. The van der Waals surface area contributed by atoms with E-state index in [1.165, 1.54) is 90.7 Å². The van der Waals surface area contributed by atoms with Crippen LogP contribution in [0.2, 0.25) is 0 Å². The van der Waals surface area contributed by atoms with E-state index in [4.69, 9.17) is 20.4 Å². The van der Waals surface area contributed by atoms with Crippen LogP contribution in [0.3, 0.4) is 0 Å². The van der Waals surface area contributed by atoms with Crippen LogP contribution in [0, 0.1) is 13.8 Å². The van der Waals surface area contributed by atoms with E-state index in [0.29, 0.717) is 0 Å². The zero-order valence-electron chi connectivity index (χ0n) is 20.5. The number of fused-ring (bicyclic) bond motifs is 6. The molecule has 8 heteroatoms. The number of aryl methyl sites for hydroxylation is 2. The Balaban J connectivity index is 0.000000127. The van der Waals surface area contributed by atoms with Gasteiger partial charge >= 0.3 is 0 Å². The molecule has 0 atom stereocenters. The van der Waals surface area contributed by atoms with E-state index >= 15 is 0 Å². The van der Waals surface area contributed by atoms with Crippen molar-refractivity contribution in [2.24, 2.45) is 0 Å². The number of phenolic OH excluding ortho intramolecular Hbond substituents is 4. The molecule has 8 nitrogen and oxygen atoms in total. The fourth-order valence-corrected chi connectivity index (χ4v) is 4.52. The summed E-state index contributed by atoms with van der Waals surface area (Å²) in [6.07, 6.45) is 0. The van der Waals surface area contributed by atoms with E-state index in [9.17, 15) is 0 Å². The van der Waals surface area contributed by atoms with Crippen LogP contribution in [-0.2, 0) is 0 Å². The first-order valence-corrected chi connectivity index (χ1v) is 12.2. The van der Waals surface area contributed by atoms with E-state index in [2.05, 4.69) is 19.6 Å². The van der Waals surface area contributed by atoms with Crippen LogP contribution in [0.1, 0.15) is 11.1 Å². The summed E-state index contributed by atoms with van der Waals surface area (Å²) in [5.41, 5.74) is 1.71. The largest absolute Gasteiger partial charge is 0.508 e. The Kier molecular flexibility index (Phi) is 9.83. The third-order valence-electron chi connectivity index (χ3n) is 6.49. The third kappa shape index (κ3) is 9.02. The van der Waals surface area contributed by atoms with Crippen LogP contribution in [0.5, 0.6) is 23.0 Å². The van der Waals surface area contributed by atoms with Gasteiger partial charge in [0.2, 0.25) is 0 Å². The second kappa shape index (κ2) is 12.8. The molecule has 2 aromatic carbocycles. The number of hydrogen-bond acceptors (Lipinski definition) is 8. The monoisotopic (exact) mass is 472 g/mol. The normalized spacial score (nSPS) is 26.2. The zero-order valence-corrected chi connectivity index (χ0v) is 20.5. The Labute approximate surface area is 203 Å². The summed E-state index contributed by atoms with van der Waals surface area (Å²) in [6, 6.07) is 8.93. The van der Waals surface area contributed by atoms with Crippen LogP contribution >= 0.6 is 0 Å². The topological polar surface area (TPSA) is 93.9 Å². The molecular weight excluding hydrogens is 432 g/mol. The van der Waals surface area contributed by atoms with Crippen LogP contribution < -0.4 is 0 Å². The highest BCUT2D eigenvalue weighted by atomic mass is 16.3. The highest BCUT2D eigenvalue weighted by Crippen LogP contribution is 2.19. The quantitative estimate of drug-likeness (QED) is 0.463. The van der Waals surface area contributed by atoms with Gasteiger partial charge in [0.15, 0.2) is 0 Å². The van der Waals surface area contributed by atoms with Crippen molar-refractivity contribution in [1.82, 2.24) is 19.6 Å². The Morgan fingerprint density at radius 1 is 0.382 bits per heavy atom. The standard InChI is InChI=1S/2C7H8O2.2C6H12N2/c2*1-5-2-6(8)4-7(9)3-5;2*1-2-8-5-3-7(1)4-6-8/h2*2-4,8-9H,1H3;2*1-6H2. The molecule has 34 heavy (non-hydrogen) atoms. The van der Waals surface area contributed by atoms with Gasteiger partial charge in [0.25, 0.3) is 0 Å². The van der Waals surface area contributed by atoms with Crippen molar-refractivity contribution >= 4 is 0 Å². The lowest BCUT2D eigenvalue weighted by Crippen LogP contribution is -2.55. The molecule has 0 amide bonds. The molecule has 6 saturated heterocycles. The second-order valence-electron chi connectivity index (χ2n) is 9.42. The second-order valence-corrected chi connectivity index (χ2v) is 9.42. The average molecular weight is 473 g/mol. The number of benzene rings is 2. The lowest BCUT2D eigenvalue weighted by Gasteiger charge is -2.41. The van der Waals surface area contributed by atoms with Crippen molar-refractivity contribution in [3.8, 4) is 23.0 Å². The molecule has 4 bridgehead atoms. The number of hydrogen-bond donors (Lipinski definition) is 4. The van der Waals surface area contributed by atoms with Crippen LogP contribution in [0.4, 0.5) is 0 Å². The van der Waals surface area contributed by atoms with E-state index in [-0.39, 0.29) is 23.0 Å². The van der Waals surface area contributed by atoms with Crippen molar-refractivity contribution in [2.45, 2.75) is 13.8 Å². The summed E-state index contributed by atoms with van der Waals surface area (Å²) in [5, 5.41) is 35.3. The molecule has 0 unspecified atom stereocenters. The zero-order chi connectivity index (χ0) is 24.5. The predicted molar refractivity (Wildman–Crippen MR) is 135 cm³/mol. The first-order valence-electron chi connectivity index (χ1n) is 12.2. The van der Waals surface area contributed by atoms with Gasteiger partial charge in [-0.3, -0.25) is 19.6 Å². The van der Waals surface area contributed by atoms with Crippen LogP contribution in [0.25, 0.3) is 0 Å². The van der Waals surface area contributed by atoms with Crippen molar-refractivity contribution < 1.29 is 20.4 Å². The molecule has 6 aliphatic heterocycles. The van der Waals surface area contributed by atoms with Gasteiger partial charge in [0, 0.05) is 90.7 Å². The minimum Gasteiger partial charge on any atom is -0.508 e. The van der Waals surface area contributed by atoms with E-state index in [1.54, 1.807) is 38.1 Å². The van der Waals surface area contributed by atoms with E-state index < -0.39 is 0 Å². The highest BCUT2D eigenvalue weighted by molar-refractivity contribution is 5.36. The minimum atomic E-state index is 0.104. The maximum atomic E-state index is 8.83. The van der Waals surface area contributed by atoms with Crippen molar-refractivity contribution in [2.75, 3.05) is 78.5 Å². The Morgan fingerprint density at radius 3 is 0.676 bits per heavy atom. The maximum Gasteiger partial charge on any atom is 0.119 e. The van der Waals surface area contributed by atoms with Gasteiger partial charge in [-0.15, -0.1) is 0 Å². The van der Waals surface area contributed by atoms with E-state index in [0.717, 1.165) is 11.1 Å². The number of phenols is 4. The summed E-state index contributed by atoms with van der Waals surface area (Å²) < 4.78 is 0. The fraction of sp³-hybridized carbons (Fsp3) is 0.538. The molecule has 6 heterocycles. The third-order valence-corrected chi connectivity index (χ3v) is 6.49. The van der Waals surface area contributed by atoms with Gasteiger partial charge < -0.3 is 20.4 Å². The SMILES string of the molecule is C1CN2CCN1CC2.C1CN2CCN1CC2.Cc1cc(O)cc(O)c1.Cc1cc(O)cc(O)c1. The van der Waals surface area contributed by atoms with Crippen molar-refractivity contribution in [3.05, 3.63) is 47.5 Å². The first-order chi connectivity index (χ1) is 16.3. The summed E-state index contributed by atoms with van der Waals surface area (Å²) in [7, 11) is 0. The number of aromatic hydroxyl groups is 4. The van der Waals surface area contributed by atoms with Gasteiger partial charge in [-0.05, 0) is 49.2 Å².